The number of carbonyl (C=O) groups excluding carboxylic acids is 1. The summed E-state index contributed by atoms with van der Waals surface area (Å²) >= 11 is 1.73. The number of rotatable bonds is 7. The van der Waals surface area contributed by atoms with Crippen molar-refractivity contribution in [3.63, 3.8) is 0 Å². The Kier molecular flexibility index (Phi) is 6.73. The molecule has 3 nitrogen and oxygen atoms in total. The van der Waals surface area contributed by atoms with Crippen molar-refractivity contribution in [1.29, 1.82) is 0 Å². The third-order valence-electron chi connectivity index (χ3n) is 6.70. The minimum Gasteiger partial charge on any atom is -0.459 e. The summed E-state index contributed by atoms with van der Waals surface area (Å²) in [6, 6.07) is 27.7. The number of benzene rings is 3. The van der Waals surface area contributed by atoms with Crippen LogP contribution in [0.2, 0.25) is 0 Å². The largest absolute Gasteiger partial charge is 0.459 e. The van der Waals surface area contributed by atoms with Crippen LogP contribution < -0.4 is 4.48 Å². The molecular formula is C28H32NO2S+. The first kappa shape index (κ1) is 22.6. The molecule has 0 spiro atoms. The second-order valence-corrected chi connectivity index (χ2v) is 10.0. The second kappa shape index (κ2) is 9.51. The molecule has 1 heterocycles. The smallest absolute Gasteiger partial charge is 0.318 e. The molecule has 4 rings (SSSR count). The van der Waals surface area contributed by atoms with Gasteiger partial charge in [0.15, 0.2) is 0 Å². The SMILES string of the molecule is CC(C)[N+](CCOC(=O)C1c2ccccc2Sc2ccccc21)(c1ccccc1)C(C)C. The summed E-state index contributed by atoms with van der Waals surface area (Å²) < 4.78 is 6.79. The Balaban J connectivity index is 1.58. The summed E-state index contributed by atoms with van der Waals surface area (Å²) in [4.78, 5) is 15.7. The van der Waals surface area contributed by atoms with Gasteiger partial charge < -0.3 is 4.74 Å². The highest BCUT2D eigenvalue weighted by molar-refractivity contribution is 7.99. The first-order valence-corrected chi connectivity index (χ1v) is 12.2. The van der Waals surface area contributed by atoms with E-state index in [1.807, 2.05) is 24.3 Å². The summed E-state index contributed by atoms with van der Waals surface area (Å²) in [5, 5.41) is 0. The fourth-order valence-corrected chi connectivity index (χ4v) is 6.23. The van der Waals surface area contributed by atoms with E-state index in [0.29, 0.717) is 18.7 Å². The first-order valence-electron chi connectivity index (χ1n) is 11.4. The van der Waals surface area contributed by atoms with E-state index in [9.17, 15) is 4.79 Å². The van der Waals surface area contributed by atoms with Crippen molar-refractivity contribution >= 4 is 23.4 Å². The lowest BCUT2D eigenvalue weighted by Crippen LogP contribution is -2.60. The van der Waals surface area contributed by atoms with Crippen LogP contribution in [0, 0.1) is 0 Å². The molecule has 0 aromatic heterocycles. The van der Waals surface area contributed by atoms with Crippen molar-refractivity contribution in [3.8, 4) is 0 Å². The molecule has 166 valence electrons. The van der Waals surface area contributed by atoms with Gasteiger partial charge in [-0.1, -0.05) is 66.4 Å². The van der Waals surface area contributed by atoms with Gasteiger partial charge in [0.1, 0.15) is 24.8 Å². The molecule has 3 aromatic carbocycles. The predicted octanol–water partition coefficient (Wildman–Crippen LogP) is 6.65. The Labute approximate surface area is 196 Å². The number of ether oxygens (including phenoxy) is 1. The van der Waals surface area contributed by atoms with Crippen LogP contribution >= 0.6 is 11.8 Å². The number of quaternary nitrogens is 1. The third kappa shape index (κ3) is 4.10. The predicted molar refractivity (Wildman–Crippen MR) is 133 cm³/mol. The van der Waals surface area contributed by atoms with Gasteiger partial charge in [-0.3, -0.25) is 9.28 Å². The molecular weight excluding hydrogens is 414 g/mol. The van der Waals surface area contributed by atoms with E-state index in [-0.39, 0.29) is 11.9 Å². The number of hydrogen-bond donors (Lipinski definition) is 0. The molecule has 0 unspecified atom stereocenters. The molecule has 0 fully saturated rings. The Morgan fingerprint density at radius 2 is 1.31 bits per heavy atom. The van der Waals surface area contributed by atoms with Gasteiger partial charge in [0, 0.05) is 9.79 Å². The Bertz CT molecular complexity index is 1020. The highest BCUT2D eigenvalue weighted by Gasteiger charge is 2.38. The van der Waals surface area contributed by atoms with Crippen LogP contribution in [0.4, 0.5) is 5.69 Å². The van der Waals surface area contributed by atoms with E-state index >= 15 is 0 Å². The lowest BCUT2D eigenvalue weighted by Gasteiger charge is -2.45. The van der Waals surface area contributed by atoms with Gasteiger partial charge in [-0.25, -0.2) is 0 Å². The molecule has 0 bridgehead atoms. The van der Waals surface area contributed by atoms with Crippen LogP contribution in [0.5, 0.6) is 0 Å². The lowest BCUT2D eigenvalue weighted by atomic mass is 9.90. The van der Waals surface area contributed by atoms with E-state index < -0.39 is 0 Å². The number of carbonyl (C=O) groups is 1. The lowest BCUT2D eigenvalue weighted by molar-refractivity contribution is -0.145. The molecule has 0 N–H and O–H groups in total. The van der Waals surface area contributed by atoms with Crippen molar-refractivity contribution < 1.29 is 9.53 Å². The molecule has 3 aromatic rings. The maximum atomic E-state index is 13.4. The number of hydrogen-bond acceptors (Lipinski definition) is 3. The highest BCUT2D eigenvalue weighted by atomic mass is 32.2. The maximum Gasteiger partial charge on any atom is 0.318 e. The molecule has 0 saturated heterocycles. The number of fused-ring (bicyclic) bond motifs is 2. The Hall–Kier alpha value is -2.56. The summed E-state index contributed by atoms with van der Waals surface area (Å²) in [5.74, 6) is -0.538. The Morgan fingerprint density at radius 3 is 1.84 bits per heavy atom. The first-order chi connectivity index (χ1) is 15.4. The molecule has 0 radical (unpaired) electrons. The Morgan fingerprint density at radius 1 is 0.812 bits per heavy atom. The average molecular weight is 447 g/mol. The molecule has 1 aliphatic rings. The van der Waals surface area contributed by atoms with Crippen LogP contribution in [0.15, 0.2) is 88.7 Å². The standard InChI is InChI=1S/C28H32NO2S/c1-20(2)29(21(3)4,22-12-6-5-7-13-22)18-19-31-28(30)27-23-14-8-10-16-25(23)32-26-17-11-9-15-24(26)27/h5-17,20-21,27H,18-19H2,1-4H3/q+1. The minimum absolute atomic E-state index is 0.163. The zero-order valence-corrected chi connectivity index (χ0v) is 20.1. The number of esters is 1. The van der Waals surface area contributed by atoms with Gasteiger partial charge in [0.25, 0.3) is 0 Å². The van der Waals surface area contributed by atoms with E-state index in [4.69, 9.17) is 4.74 Å². The van der Waals surface area contributed by atoms with Crippen molar-refractivity contribution in [3.05, 3.63) is 90.0 Å². The topological polar surface area (TPSA) is 26.3 Å². The molecule has 4 heteroatoms. The van der Waals surface area contributed by atoms with Gasteiger partial charge >= 0.3 is 5.97 Å². The highest BCUT2D eigenvalue weighted by Crippen LogP contribution is 2.46. The zero-order chi connectivity index (χ0) is 22.7. The van der Waals surface area contributed by atoms with Gasteiger partial charge in [0.2, 0.25) is 0 Å². The molecule has 1 aliphatic heterocycles. The molecule has 0 atom stereocenters. The van der Waals surface area contributed by atoms with Gasteiger partial charge in [0.05, 0.1) is 12.1 Å². The normalized spacial score (nSPS) is 13.7. The summed E-state index contributed by atoms with van der Waals surface area (Å²) in [6.45, 7) is 10.1. The molecule has 0 saturated carbocycles. The maximum absolute atomic E-state index is 13.4. The van der Waals surface area contributed by atoms with E-state index in [1.54, 1.807) is 11.8 Å². The zero-order valence-electron chi connectivity index (χ0n) is 19.3. The van der Waals surface area contributed by atoms with Gasteiger partial charge in [-0.05, 0) is 63.1 Å². The number of para-hydroxylation sites is 1. The summed E-state index contributed by atoms with van der Waals surface area (Å²) in [6.07, 6.45) is 0. The average Bonchev–Trinajstić information content (AvgIpc) is 2.80. The van der Waals surface area contributed by atoms with Gasteiger partial charge in [-0.2, -0.15) is 0 Å². The number of nitrogens with zero attached hydrogens (tertiary/aromatic N) is 1. The summed E-state index contributed by atoms with van der Waals surface area (Å²) in [7, 11) is 0. The van der Waals surface area contributed by atoms with Crippen molar-refractivity contribution in [1.82, 2.24) is 4.48 Å². The van der Waals surface area contributed by atoms with E-state index in [2.05, 4.69) is 82.3 Å². The van der Waals surface area contributed by atoms with Crippen molar-refractivity contribution in [2.75, 3.05) is 13.2 Å². The molecule has 0 amide bonds. The molecule has 0 aliphatic carbocycles. The van der Waals surface area contributed by atoms with Crippen LogP contribution in [-0.2, 0) is 9.53 Å². The monoisotopic (exact) mass is 446 g/mol. The molecule has 32 heavy (non-hydrogen) atoms. The van der Waals surface area contributed by atoms with Crippen LogP contribution in [0.3, 0.4) is 0 Å². The summed E-state index contributed by atoms with van der Waals surface area (Å²) in [5.41, 5.74) is 3.34. The van der Waals surface area contributed by atoms with E-state index in [0.717, 1.165) is 31.9 Å². The van der Waals surface area contributed by atoms with Crippen molar-refractivity contribution in [2.45, 2.75) is 55.5 Å². The quantitative estimate of drug-likeness (QED) is 0.300. The van der Waals surface area contributed by atoms with E-state index in [1.165, 1.54) is 5.69 Å². The van der Waals surface area contributed by atoms with Crippen LogP contribution in [0.25, 0.3) is 0 Å². The second-order valence-electron chi connectivity index (χ2n) is 8.96. The fraction of sp³-hybridized carbons (Fsp3) is 0.321. The fourth-order valence-electron chi connectivity index (χ4n) is 5.09. The van der Waals surface area contributed by atoms with Gasteiger partial charge in [-0.15, -0.1) is 0 Å². The van der Waals surface area contributed by atoms with Crippen LogP contribution in [0.1, 0.15) is 44.7 Å². The minimum atomic E-state index is -0.375. The third-order valence-corrected chi connectivity index (χ3v) is 7.88. The van der Waals surface area contributed by atoms with Crippen LogP contribution in [-0.4, -0.2) is 31.2 Å². The van der Waals surface area contributed by atoms with Crippen molar-refractivity contribution in [2.24, 2.45) is 0 Å².